The lowest BCUT2D eigenvalue weighted by Crippen LogP contribution is -2.33. The normalized spacial score (nSPS) is 14.6. The van der Waals surface area contributed by atoms with Gasteiger partial charge in [0.15, 0.2) is 0 Å². The lowest BCUT2D eigenvalue weighted by Gasteiger charge is -2.29. The maximum absolute atomic E-state index is 12.1. The van der Waals surface area contributed by atoms with E-state index in [0.717, 1.165) is 52.4 Å². The van der Waals surface area contributed by atoms with Crippen molar-refractivity contribution in [3.05, 3.63) is 75.9 Å². The molecule has 184 valence electrons. The van der Waals surface area contributed by atoms with Crippen LogP contribution in [0, 0.1) is 6.92 Å². The van der Waals surface area contributed by atoms with Gasteiger partial charge in [-0.3, -0.25) is 19.5 Å². The van der Waals surface area contributed by atoms with E-state index in [-0.39, 0.29) is 11.5 Å². The highest BCUT2D eigenvalue weighted by Crippen LogP contribution is 2.26. The molecule has 0 spiro atoms. The van der Waals surface area contributed by atoms with E-state index in [0.29, 0.717) is 25.2 Å². The summed E-state index contributed by atoms with van der Waals surface area (Å²) in [5, 5.41) is 16.6. The summed E-state index contributed by atoms with van der Waals surface area (Å²) >= 11 is 0. The number of piperidine rings is 1. The Morgan fingerprint density at radius 2 is 2.00 bits per heavy atom. The molecule has 9 nitrogen and oxygen atoms in total. The van der Waals surface area contributed by atoms with Gasteiger partial charge in [0.05, 0.1) is 11.7 Å². The van der Waals surface area contributed by atoms with Crippen LogP contribution in [0.2, 0.25) is 0 Å². The molecule has 0 radical (unpaired) electrons. The number of carbonyl (C=O) groups excluding carboxylic acids is 1. The van der Waals surface area contributed by atoms with Crippen LogP contribution in [0.15, 0.2) is 42.3 Å². The Hall–Kier alpha value is -3.98. The van der Waals surface area contributed by atoms with E-state index >= 15 is 0 Å². The molecule has 1 atom stereocenters. The first-order chi connectivity index (χ1) is 16.8. The number of carboxylic acids is 1. The molecule has 1 amide bonds. The second-order valence-electron chi connectivity index (χ2n) is 8.64. The molecule has 1 saturated heterocycles. The standard InChI is InChI=1S/C15H18N2O2.C11H13N3O2/c1-3-11-9-13(15(19)16-14(11)4-2)12-5-7-17(10-18)8-6-12;1-6-2-7(4-9(12)11(15)16)3-8-5-13-14-10(6)8/h3-4,9-10,12H,1-2,5-8H2,(H,16,19);2-3,5,9H,4,12H2,1H3,(H,13,14)(H,15,16). The Labute approximate surface area is 203 Å². The highest BCUT2D eigenvalue weighted by Gasteiger charge is 2.22. The third kappa shape index (κ3) is 6.13. The minimum absolute atomic E-state index is 0.0648. The molecular weight excluding hydrogens is 446 g/mol. The number of aromatic amines is 2. The molecule has 5 N–H and O–H groups in total. The number of nitrogens with two attached hydrogens (primary N) is 1. The van der Waals surface area contributed by atoms with Gasteiger partial charge in [0.25, 0.3) is 5.56 Å². The van der Waals surface area contributed by atoms with E-state index in [9.17, 15) is 14.4 Å². The SMILES string of the molecule is C=Cc1cc(C2CCN(C=O)CC2)c(=O)[nH]c1C=C.Cc1cc(CC(N)C(=O)O)cc2cn[nH]c12. The first-order valence-electron chi connectivity index (χ1n) is 11.4. The average Bonchev–Trinajstić information content (AvgIpc) is 3.33. The largest absolute Gasteiger partial charge is 0.480 e. The topological polar surface area (TPSA) is 145 Å². The third-order valence-corrected chi connectivity index (χ3v) is 6.25. The van der Waals surface area contributed by atoms with Gasteiger partial charge in [-0.25, -0.2) is 0 Å². The number of aliphatic carboxylic acids is 1. The zero-order valence-corrected chi connectivity index (χ0v) is 19.8. The van der Waals surface area contributed by atoms with Crippen LogP contribution in [0.1, 0.15) is 46.7 Å². The Bertz CT molecular complexity index is 1280. The van der Waals surface area contributed by atoms with Crippen LogP contribution in [-0.2, 0) is 16.0 Å². The summed E-state index contributed by atoms with van der Waals surface area (Å²) in [5.41, 5.74) is 10.7. The number of nitrogens with zero attached hydrogens (tertiary/aromatic N) is 2. The summed E-state index contributed by atoms with van der Waals surface area (Å²) in [5.74, 6) is -0.776. The van der Waals surface area contributed by atoms with E-state index < -0.39 is 12.0 Å². The van der Waals surface area contributed by atoms with Crippen molar-refractivity contribution in [2.75, 3.05) is 13.1 Å². The first kappa shape index (κ1) is 25.6. The highest BCUT2D eigenvalue weighted by molar-refractivity contribution is 5.82. The van der Waals surface area contributed by atoms with Gasteiger partial charge in [-0.15, -0.1) is 0 Å². The molecule has 0 aliphatic carbocycles. The number of H-pyrrole nitrogens is 2. The second-order valence-corrected chi connectivity index (χ2v) is 8.64. The van der Waals surface area contributed by atoms with Crippen LogP contribution < -0.4 is 11.3 Å². The fraction of sp³-hybridized carbons (Fsp3) is 0.308. The predicted molar refractivity (Wildman–Crippen MR) is 137 cm³/mol. The molecule has 3 aromatic rings. The number of pyridine rings is 1. The summed E-state index contributed by atoms with van der Waals surface area (Å²) < 4.78 is 0. The lowest BCUT2D eigenvalue weighted by molar-refractivity contribution is -0.138. The molecule has 0 saturated carbocycles. The smallest absolute Gasteiger partial charge is 0.320 e. The van der Waals surface area contributed by atoms with E-state index in [4.69, 9.17) is 10.8 Å². The van der Waals surface area contributed by atoms with Gasteiger partial charge in [-0.1, -0.05) is 25.3 Å². The Kier molecular flexibility index (Phi) is 8.38. The first-order valence-corrected chi connectivity index (χ1v) is 11.4. The second kappa shape index (κ2) is 11.4. The number of rotatable bonds is 7. The van der Waals surface area contributed by atoms with Crippen molar-refractivity contribution in [3.63, 3.8) is 0 Å². The van der Waals surface area contributed by atoms with Crippen LogP contribution in [0.3, 0.4) is 0 Å². The molecule has 1 aromatic carbocycles. The third-order valence-electron chi connectivity index (χ3n) is 6.25. The lowest BCUT2D eigenvalue weighted by atomic mass is 9.89. The Morgan fingerprint density at radius 1 is 1.29 bits per heavy atom. The van der Waals surface area contributed by atoms with Gasteiger partial charge in [-0.2, -0.15) is 5.10 Å². The number of aromatic nitrogens is 3. The maximum atomic E-state index is 12.1. The van der Waals surface area contributed by atoms with Crippen molar-refractivity contribution in [2.45, 2.75) is 38.1 Å². The number of carbonyl (C=O) groups is 2. The number of nitrogens with one attached hydrogen (secondary N) is 2. The number of hydrogen-bond acceptors (Lipinski definition) is 5. The number of carboxylic acid groups (broad SMARTS) is 1. The van der Waals surface area contributed by atoms with Crippen molar-refractivity contribution in [2.24, 2.45) is 5.73 Å². The van der Waals surface area contributed by atoms with Gasteiger partial charge in [0, 0.05) is 29.7 Å². The van der Waals surface area contributed by atoms with Crippen LogP contribution in [0.25, 0.3) is 23.1 Å². The fourth-order valence-electron chi connectivity index (χ4n) is 4.31. The van der Waals surface area contributed by atoms with Crippen molar-refractivity contribution >= 4 is 35.4 Å². The Balaban J connectivity index is 0.000000198. The van der Waals surface area contributed by atoms with Crippen molar-refractivity contribution in [1.29, 1.82) is 0 Å². The van der Waals surface area contributed by atoms with E-state index in [1.165, 1.54) is 0 Å². The number of fused-ring (bicyclic) bond motifs is 1. The van der Waals surface area contributed by atoms with Gasteiger partial charge < -0.3 is 20.7 Å². The number of amides is 1. The molecular formula is C26H31N5O4. The fourth-order valence-corrected chi connectivity index (χ4v) is 4.31. The van der Waals surface area contributed by atoms with Gasteiger partial charge >= 0.3 is 5.97 Å². The Morgan fingerprint density at radius 3 is 2.60 bits per heavy atom. The number of hydrogen-bond donors (Lipinski definition) is 4. The number of aryl methyl sites for hydroxylation is 1. The molecule has 1 aliphatic heterocycles. The molecule has 0 bridgehead atoms. The van der Waals surface area contributed by atoms with Gasteiger partial charge in [0.2, 0.25) is 6.41 Å². The minimum Gasteiger partial charge on any atom is -0.480 e. The zero-order chi connectivity index (χ0) is 25.5. The number of likely N-dealkylation sites (tertiary alicyclic amines) is 1. The van der Waals surface area contributed by atoms with Crippen molar-refractivity contribution in [3.8, 4) is 0 Å². The molecule has 2 aromatic heterocycles. The minimum atomic E-state index is -0.982. The van der Waals surface area contributed by atoms with Crippen LogP contribution in [-0.4, -0.2) is 56.7 Å². The van der Waals surface area contributed by atoms with E-state index in [2.05, 4.69) is 28.3 Å². The zero-order valence-electron chi connectivity index (χ0n) is 19.8. The monoisotopic (exact) mass is 477 g/mol. The summed E-state index contributed by atoms with van der Waals surface area (Å²) in [6.45, 7) is 10.8. The van der Waals surface area contributed by atoms with Gasteiger partial charge in [-0.05, 0) is 67.0 Å². The van der Waals surface area contributed by atoms with Crippen LogP contribution in [0.5, 0.6) is 0 Å². The molecule has 1 unspecified atom stereocenters. The van der Waals surface area contributed by atoms with E-state index in [1.807, 2.05) is 25.1 Å². The number of benzene rings is 1. The highest BCUT2D eigenvalue weighted by atomic mass is 16.4. The molecule has 4 rings (SSSR count). The summed E-state index contributed by atoms with van der Waals surface area (Å²) in [6.07, 6.45) is 7.91. The predicted octanol–water partition coefficient (Wildman–Crippen LogP) is 2.82. The van der Waals surface area contributed by atoms with Crippen LogP contribution in [0.4, 0.5) is 0 Å². The molecule has 1 aliphatic rings. The molecule has 3 heterocycles. The maximum Gasteiger partial charge on any atom is 0.320 e. The average molecular weight is 478 g/mol. The molecule has 1 fully saturated rings. The van der Waals surface area contributed by atoms with E-state index in [1.54, 1.807) is 23.2 Å². The molecule has 35 heavy (non-hydrogen) atoms. The van der Waals surface area contributed by atoms with Crippen LogP contribution >= 0.6 is 0 Å². The molecule has 9 heteroatoms. The summed E-state index contributed by atoms with van der Waals surface area (Å²) in [6, 6.07) is 4.88. The van der Waals surface area contributed by atoms with Crippen molar-refractivity contribution in [1.82, 2.24) is 20.1 Å². The summed E-state index contributed by atoms with van der Waals surface area (Å²) in [4.78, 5) is 38.0. The quantitative estimate of drug-likeness (QED) is 0.385. The van der Waals surface area contributed by atoms with Gasteiger partial charge in [0.1, 0.15) is 6.04 Å². The van der Waals surface area contributed by atoms with Crippen molar-refractivity contribution < 1.29 is 14.7 Å². The summed E-state index contributed by atoms with van der Waals surface area (Å²) in [7, 11) is 0.